The van der Waals surface area contributed by atoms with Crippen LogP contribution in [0.4, 0.5) is 0 Å². The standard InChI is InChI=1S/C19H32N4O2/c1-14-10-15(2)12-23(11-14)17(24)13-22-7-4-16(5-8-22)18(25)19-20-6-9-21(19)3/h6,9,14-16,18,25H,4-5,7-8,10-13H2,1-3H3. The molecule has 0 aromatic carbocycles. The summed E-state index contributed by atoms with van der Waals surface area (Å²) in [6.07, 6.45) is 6.13. The highest BCUT2D eigenvalue weighted by Gasteiger charge is 2.31. The molecule has 3 rings (SSSR count). The van der Waals surface area contributed by atoms with Crippen LogP contribution < -0.4 is 0 Å². The number of hydrogen-bond acceptors (Lipinski definition) is 4. The predicted molar refractivity (Wildman–Crippen MR) is 96.9 cm³/mol. The molecule has 25 heavy (non-hydrogen) atoms. The van der Waals surface area contributed by atoms with Gasteiger partial charge in [-0.2, -0.15) is 0 Å². The third-order valence-electron chi connectivity index (χ3n) is 5.78. The van der Waals surface area contributed by atoms with Crippen molar-refractivity contribution in [3.63, 3.8) is 0 Å². The largest absolute Gasteiger partial charge is 0.385 e. The van der Waals surface area contributed by atoms with Gasteiger partial charge in [0.15, 0.2) is 0 Å². The number of amides is 1. The van der Waals surface area contributed by atoms with Crippen LogP contribution in [0.2, 0.25) is 0 Å². The lowest BCUT2D eigenvalue weighted by atomic mass is 9.90. The molecule has 3 unspecified atom stereocenters. The van der Waals surface area contributed by atoms with E-state index in [4.69, 9.17) is 0 Å². The number of rotatable bonds is 4. The normalized spacial score (nSPS) is 27.4. The number of carbonyl (C=O) groups is 1. The van der Waals surface area contributed by atoms with Crippen LogP contribution in [0.15, 0.2) is 12.4 Å². The quantitative estimate of drug-likeness (QED) is 0.899. The van der Waals surface area contributed by atoms with Crippen molar-refractivity contribution in [2.75, 3.05) is 32.7 Å². The number of aryl methyl sites for hydroxylation is 1. The molecular formula is C19H32N4O2. The summed E-state index contributed by atoms with van der Waals surface area (Å²) >= 11 is 0. The smallest absolute Gasteiger partial charge is 0.236 e. The minimum atomic E-state index is -0.512. The third kappa shape index (κ3) is 4.42. The van der Waals surface area contributed by atoms with Gasteiger partial charge in [0.2, 0.25) is 5.91 Å². The van der Waals surface area contributed by atoms with E-state index in [1.165, 1.54) is 6.42 Å². The lowest BCUT2D eigenvalue weighted by Crippen LogP contribution is -2.48. The number of likely N-dealkylation sites (tertiary alicyclic amines) is 2. The van der Waals surface area contributed by atoms with Crippen molar-refractivity contribution in [3.8, 4) is 0 Å². The number of carbonyl (C=O) groups excluding carboxylic acids is 1. The summed E-state index contributed by atoms with van der Waals surface area (Å²) in [6, 6.07) is 0. The summed E-state index contributed by atoms with van der Waals surface area (Å²) in [5.41, 5.74) is 0. The molecule has 140 valence electrons. The van der Waals surface area contributed by atoms with Crippen LogP contribution >= 0.6 is 0 Å². The lowest BCUT2D eigenvalue weighted by Gasteiger charge is -2.38. The number of aliphatic hydroxyl groups excluding tert-OH is 1. The van der Waals surface area contributed by atoms with Gasteiger partial charge in [-0.25, -0.2) is 4.98 Å². The fourth-order valence-corrected chi connectivity index (χ4v) is 4.46. The molecule has 2 aliphatic rings. The molecule has 0 radical (unpaired) electrons. The Morgan fingerprint density at radius 2 is 1.92 bits per heavy atom. The molecule has 3 atom stereocenters. The Hall–Kier alpha value is -1.40. The summed E-state index contributed by atoms with van der Waals surface area (Å²) < 4.78 is 1.89. The predicted octanol–water partition coefficient (Wildman–Crippen LogP) is 1.67. The molecule has 2 saturated heterocycles. The van der Waals surface area contributed by atoms with Gasteiger partial charge < -0.3 is 14.6 Å². The zero-order chi connectivity index (χ0) is 18.0. The molecule has 0 aliphatic carbocycles. The fourth-order valence-electron chi connectivity index (χ4n) is 4.46. The maximum atomic E-state index is 12.6. The summed E-state index contributed by atoms with van der Waals surface area (Å²) in [7, 11) is 1.92. The molecule has 0 bridgehead atoms. The van der Waals surface area contributed by atoms with Crippen LogP contribution in [-0.4, -0.2) is 63.1 Å². The molecule has 3 heterocycles. The van der Waals surface area contributed by atoms with Crippen molar-refractivity contribution in [2.24, 2.45) is 24.8 Å². The molecule has 0 saturated carbocycles. The zero-order valence-corrected chi connectivity index (χ0v) is 15.8. The van der Waals surface area contributed by atoms with E-state index in [2.05, 4.69) is 23.7 Å². The van der Waals surface area contributed by atoms with Crippen LogP contribution in [0.5, 0.6) is 0 Å². The minimum absolute atomic E-state index is 0.225. The molecule has 1 N–H and O–H groups in total. The Morgan fingerprint density at radius 1 is 1.28 bits per heavy atom. The first-order valence-corrected chi connectivity index (χ1v) is 9.59. The minimum Gasteiger partial charge on any atom is -0.385 e. The maximum Gasteiger partial charge on any atom is 0.236 e. The summed E-state index contributed by atoms with van der Waals surface area (Å²) in [5.74, 6) is 2.44. The van der Waals surface area contributed by atoms with Gasteiger partial charge in [-0.05, 0) is 50.1 Å². The number of aliphatic hydroxyl groups is 1. The topological polar surface area (TPSA) is 61.6 Å². The van der Waals surface area contributed by atoms with Crippen molar-refractivity contribution < 1.29 is 9.90 Å². The highest BCUT2D eigenvalue weighted by Crippen LogP contribution is 2.30. The third-order valence-corrected chi connectivity index (χ3v) is 5.78. The number of piperidine rings is 2. The van der Waals surface area contributed by atoms with Crippen LogP contribution in [0.25, 0.3) is 0 Å². The van der Waals surface area contributed by atoms with E-state index in [-0.39, 0.29) is 11.8 Å². The van der Waals surface area contributed by atoms with Gasteiger partial charge in [-0.15, -0.1) is 0 Å². The van der Waals surface area contributed by atoms with Crippen LogP contribution in [0.1, 0.15) is 45.0 Å². The second kappa shape index (κ2) is 7.87. The van der Waals surface area contributed by atoms with Gasteiger partial charge >= 0.3 is 0 Å². The Kier molecular flexibility index (Phi) is 5.79. The first-order chi connectivity index (χ1) is 11.9. The monoisotopic (exact) mass is 348 g/mol. The zero-order valence-electron chi connectivity index (χ0n) is 15.8. The van der Waals surface area contributed by atoms with Gasteiger partial charge in [0.1, 0.15) is 11.9 Å². The Bertz CT molecular complexity index is 570. The first kappa shape index (κ1) is 18.4. The molecule has 2 fully saturated rings. The maximum absolute atomic E-state index is 12.6. The summed E-state index contributed by atoms with van der Waals surface area (Å²) in [4.78, 5) is 21.2. The van der Waals surface area contributed by atoms with Crippen LogP contribution in [-0.2, 0) is 11.8 Å². The molecule has 1 aromatic rings. The molecule has 1 aromatic heterocycles. The van der Waals surface area contributed by atoms with Crippen molar-refractivity contribution in [1.82, 2.24) is 19.4 Å². The molecule has 6 heteroatoms. The second-order valence-electron chi connectivity index (χ2n) is 8.20. The fraction of sp³-hybridized carbons (Fsp3) is 0.789. The van der Waals surface area contributed by atoms with E-state index in [1.807, 2.05) is 22.7 Å². The molecule has 6 nitrogen and oxygen atoms in total. The van der Waals surface area contributed by atoms with Gasteiger partial charge in [0, 0.05) is 32.5 Å². The summed E-state index contributed by atoms with van der Waals surface area (Å²) in [5, 5.41) is 10.6. The van der Waals surface area contributed by atoms with E-state index < -0.39 is 6.10 Å². The van der Waals surface area contributed by atoms with Crippen molar-refractivity contribution in [1.29, 1.82) is 0 Å². The van der Waals surface area contributed by atoms with Crippen molar-refractivity contribution in [2.45, 2.75) is 39.2 Å². The van der Waals surface area contributed by atoms with E-state index in [0.29, 0.717) is 18.4 Å². The Morgan fingerprint density at radius 3 is 2.48 bits per heavy atom. The van der Waals surface area contributed by atoms with Gasteiger partial charge in [0.05, 0.1) is 6.54 Å². The Labute approximate surface area is 150 Å². The molecule has 2 aliphatic heterocycles. The summed E-state index contributed by atoms with van der Waals surface area (Å²) in [6.45, 7) is 8.54. The highest BCUT2D eigenvalue weighted by atomic mass is 16.3. The number of imidazole rings is 1. The SMILES string of the molecule is CC1CC(C)CN(C(=O)CN2CCC(C(O)c3nccn3C)CC2)C1. The van der Waals surface area contributed by atoms with Gasteiger partial charge in [-0.3, -0.25) is 9.69 Å². The molecular weight excluding hydrogens is 316 g/mol. The average molecular weight is 348 g/mol. The lowest BCUT2D eigenvalue weighted by molar-refractivity contribution is -0.135. The number of hydrogen-bond donors (Lipinski definition) is 1. The van der Waals surface area contributed by atoms with Crippen LogP contribution in [0.3, 0.4) is 0 Å². The van der Waals surface area contributed by atoms with Crippen LogP contribution in [0, 0.1) is 17.8 Å². The van der Waals surface area contributed by atoms with Gasteiger partial charge in [-0.1, -0.05) is 13.8 Å². The first-order valence-electron chi connectivity index (χ1n) is 9.59. The average Bonchev–Trinajstić information content (AvgIpc) is 3.00. The van der Waals surface area contributed by atoms with Crippen molar-refractivity contribution >= 4 is 5.91 Å². The van der Waals surface area contributed by atoms with E-state index in [9.17, 15) is 9.90 Å². The van der Waals surface area contributed by atoms with E-state index in [0.717, 1.165) is 44.8 Å². The Balaban J connectivity index is 1.47. The highest BCUT2D eigenvalue weighted by molar-refractivity contribution is 5.78. The van der Waals surface area contributed by atoms with Gasteiger partial charge in [0.25, 0.3) is 0 Å². The second-order valence-corrected chi connectivity index (χ2v) is 8.20. The number of nitrogens with zero attached hydrogens (tertiary/aromatic N) is 4. The molecule has 0 spiro atoms. The molecule has 1 amide bonds. The van der Waals surface area contributed by atoms with Crippen molar-refractivity contribution in [3.05, 3.63) is 18.2 Å². The van der Waals surface area contributed by atoms with E-state index in [1.54, 1.807) is 6.20 Å². The number of aromatic nitrogens is 2. The van der Waals surface area contributed by atoms with E-state index >= 15 is 0 Å².